The van der Waals surface area contributed by atoms with Gasteiger partial charge >= 0.3 is 11.9 Å². The topological polar surface area (TPSA) is 93.1 Å². The van der Waals surface area contributed by atoms with Gasteiger partial charge in [-0.15, -0.1) is 0 Å². The van der Waals surface area contributed by atoms with Crippen molar-refractivity contribution in [1.29, 1.82) is 0 Å². The zero-order valence-corrected chi connectivity index (χ0v) is 28.0. The van der Waals surface area contributed by atoms with E-state index < -0.39 is 18.2 Å². The Bertz CT molecular complexity index is 810. The number of carbonyl (C=O) groups is 2. The molecule has 2 N–H and O–H groups in total. The minimum absolute atomic E-state index is 0.153. The van der Waals surface area contributed by atoms with Crippen LogP contribution in [0.15, 0.2) is 60.8 Å². The normalized spacial score (nSPS) is 13.6. The van der Waals surface area contributed by atoms with Crippen molar-refractivity contribution >= 4 is 11.9 Å². The number of hydrogen-bond acceptors (Lipinski definition) is 6. The molecule has 0 heterocycles. The van der Waals surface area contributed by atoms with Gasteiger partial charge in [-0.05, 0) is 44.9 Å². The molecule has 0 radical (unpaired) electrons. The number of ether oxygens (including phenoxy) is 2. The molecule has 0 aliphatic heterocycles. The van der Waals surface area contributed by atoms with E-state index in [2.05, 4.69) is 50.3 Å². The fourth-order valence-corrected chi connectivity index (χ4v) is 4.47. The summed E-state index contributed by atoms with van der Waals surface area (Å²) in [4.78, 5) is 23.8. The summed E-state index contributed by atoms with van der Waals surface area (Å²) in [5.41, 5.74) is 0. The highest BCUT2D eigenvalue weighted by molar-refractivity contribution is 5.69. The van der Waals surface area contributed by atoms with Crippen molar-refractivity contribution in [3.63, 3.8) is 0 Å². The lowest BCUT2D eigenvalue weighted by molar-refractivity contribution is -0.152. The van der Waals surface area contributed by atoms with Crippen molar-refractivity contribution in [3.8, 4) is 0 Å². The largest absolute Gasteiger partial charge is 0.463 e. The van der Waals surface area contributed by atoms with E-state index >= 15 is 0 Å². The van der Waals surface area contributed by atoms with Gasteiger partial charge in [0, 0.05) is 12.8 Å². The molecule has 0 aromatic rings. The minimum Gasteiger partial charge on any atom is -0.463 e. The number of aliphatic hydroxyl groups is 2. The Hall–Kier alpha value is -2.44. The standard InChI is InChI=1S/C38H64O6/c1-3-5-7-9-11-13-15-17-18-20-22-24-26-29-35(39)30-28-32-38(42)44-34-36(40)33-43-37(41)31-27-25-23-21-19-16-14-12-10-8-6-4-2/h5,7,11,13,17-18,22,24,26,29,35-36,39-40H,3-4,6,8-10,12,14-16,19-21,23,25,27-28,30-34H2,1-2H3/b7-5-,13-11-,18-17-,24-22-,29-26+/t35?,36-/m0/s1. The van der Waals surface area contributed by atoms with Gasteiger partial charge < -0.3 is 19.7 Å². The van der Waals surface area contributed by atoms with Crippen LogP contribution in [0.2, 0.25) is 0 Å². The predicted octanol–water partition coefficient (Wildman–Crippen LogP) is 9.42. The highest BCUT2D eigenvalue weighted by Crippen LogP contribution is 2.13. The third kappa shape index (κ3) is 32.5. The average Bonchev–Trinajstić information content (AvgIpc) is 3.01. The van der Waals surface area contributed by atoms with Crippen LogP contribution in [0.5, 0.6) is 0 Å². The van der Waals surface area contributed by atoms with E-state index in [0.29, 0.717) is 19.3 Å². The number of esters is 2. The summed E-state index contributed by atoms with van der Waals surface area (Å²) in [6.07, 6.45) is 38.7. The van der Waals surface area contributed by atoms with E-state index in [-0.39, 0.29) is 25.6 Å². The Labute approximate surface area is 269 Å². The van der Waals surface area contributed by atoms with Gasteiger partial charge in [0.25, 0.3) is 0 Å². The molecule has 2 atom stereocenters. The van der Waals surface area contributed by atoms with Crippen molar-refractivity contribution in [1.82, 2.24) is 0 Å². The predicted molar refractivity (Wildman–Crippen MR) is 183 cm³/mol. The second-order valence-corrected chi connectivity index (χ2v) is 11.5. The lowest BCUT2D eigenvalue weighted by Gasteiger charge is -2.12. The van der Waals surface area contributed by atoms with Crippen LogP contribution in [0.3, 0.4) is 0 Å². The summed E-state index contributed by atoms with van der Waals surface area (Å²) in [6, 6.07) is 0. The lowest BCUT2D eigenvalue weighted by atomic mass is 10.0. The molecule has 0 saturated heterocycles. The molecule has 44 heavy (non-hydrogen) atoms. The molecule has 6 heteroatoms. The first-order valence-electron chi connectivity index (χ1n) is 17.4. The molecule has 0 spiro atoms. The molecule has 252 valence electrons. The van der Waals surface area contributed by atoms with Crippen LogP contribution in [0, 0.1) is 0 Å². The number of unbranched alkanes of at least 4 members (excludes halogenated alkanes) is 11. The summed E-state index contributed by atoms with van der Waals surface area (Å²) >= 11 is 0. The van der Waals surface area contributed by atoms with E-state index in [4.69, 9.17) is 9.47 Å². The Morgan fingerprint density at radius 1 is 0.568 bits per heavy atom. The summed E-state index contributed by atoms with van der Waals surface area (Å²) in [5.74, 6) is -0.767. The second kappa shape index (κ2) is 33.5. The van der Waals surface area contributed by atoms with Crippen molar-refractivity contribution in [2.24, 2.45) is 0 Å². The molecule has 0 bridgehead atoms. The molecule has 0 aliphatic rings. The van der Waals surface area contributed by atoms with Gasteiger partial charge in [-0.1, -0.05) is 145 Å². The molecule has 0 fully saturated rings. The number of rotatable bonds is 30. The zero-order valence-electron chi connectivity index (χ0n) is 28.0. The van der Waals surface area contributed by atoms with E-state index in [0.717, 1.165) is 44.9 Å². The van der Waals surface area contributed by atoms with Crippen molar-refractivity contribution < 1.29 is 29.3 Å². The quantitative estimate of drug-likeness (QED) is 0.0361. The third-order valence-corrected chi connectivity index (χ3v) is 7.12. The molecule has 0 saturated carbocycles. The average molecular weight is 617 g/mol. The first-order chi connectivity index (χ1) is 21.5. The van der Waals surface area contributed by atoms with Gasteiger partial charge in [-0.25, -0.2) is 0 Å². The Morgan fingerprint density at radius 3 is 1.55 bits per heavy atom. The molecule has 0 aromatic carbocycles. The molecule has 0 aromatic heterocycles. The monoisotopic (exact) mass is 616 g/mol. The van der Waals surface area contributed by atoms with E-state index in [9.17, 15) is 19.8 Å². The number of hydrogen-bond donors (Lipinski definition) is 2. The van der Waals surface area contributed by atoms with E-state index in [1.807, 2.05) is 18.2 Å². The minimum atomic E-state index is -1.04. The molecule has 6 nitrogen and oxygen atoms in total. The van der Waals surface area contributed by atoms with Crippen LogP contribution < -0.4 is 0 Å². The van der Waals surface area contributed by atoms with Crippen LogP contribution in [0.4, 0.5) is 0 Å². The van der Waals surface area contributed by atoms with Crippen LogP contribution >= 0.6 is 0 Å². The summed E-state index contributed by atoms with van der Waals surface area (Å²) in [7, 11) is 0. The van der Waals surface area contributed by atoms with Crippen molar-refractivity contribution in [2.45, 2.75) is 154 Å². The van der Waals surface area contributed by atoms with Crippen LogP contribution in [-0.2, 0) is 19.1 Å². The molecule has 0 amide bonds. The number of allylic oxidation sites excluding steroid dienone is 9. The van der Waals surface area contributed by atoms with Gasteiger partial charge in [0.2, 0.25) is 0 Å². The van der Waals surface area contributed by atoms with Crippen LogP contribution in [0.1, 0.15) is 142 Å². The molecule has 1 unspecified atom stereocenters. The van der Waals surface area contributed by atoms with Crippen molar-refractivity contribution in [3.05, 3.63) is 60.8 Å². The van der Waals surface area contributed by atoms with Gasteiger partial charge in [0.15, 0.2) is 0 Å². The van der Waals surface area contributed by atoms with Crippen LogP contribution in [-0.4, -0.2) is 47.6 Å². The molecule has 0 aliphatic carbocycles. The van der Waals surface area contributed by atoms with Gasteiger partial charge in [-0.2, -0.15) is 0 Å². The highest BCUT2D eigenvalue weighted by Gasteiger charge is 2.12. The Balaban J connectivity index is 3.69. The van der Waals surface area contributed by atoms with Crippen molar-refractivity contribution in [2.75, 3.05) is 13.2 Å². The lowest BCUT2D eigenvalue weighted by Crippen LogP contribution is -2.25. The summed E-state index contributed by atoms with van der Waals surface area (Å²) in [6.45, 7) is 3.99. The Morgan fingerprint density at radius 2 is 1.02 bits per heavy atom. The number of aliphatic hydroxyl groups excluding tert-OH is 2. The second-order valence-electron chi connectivity index (χ2n) is 11.5. The molecular weight excluding hydrogens is 552 g/mol. The maximum Gasteiger partial charge on any atom is 0.305 e. The third-order valence-electron chi connectivity index (χ3n) is 7.12. The first-order valence-corrected chi connectivity index (χ1v) is 17.4. The summed E-state index contributed by atoms with van der Waals surface area (Å²) < 4.78 is 10.2. The van der Waals surface area contributed by atoms with Crippen LogP contribution in [0.25, 0.3) is 0 Å². The highest BCUT2D eigenvalue weighted by atomic mass is 16.6. The fraction of sp³-hybridized carbons (Fsp3) is 0.684. The molecule has 0 rings (SSSR count). The smallest absolute Gasteiger partial charge is 0.305 e. The van der Waals surface area contributed by atoms with Gasteiger partial charge in [0.1, 0.15) is 19.3 Å². The molecular formula is C38H64O6. The maximum absolute atomic E-state index is 11.9. The SMILES string of the molecule is CC/C=C\C/C=C\C/C=C\C/C=C\C=C\C(O)CCCC(=O)OC[C@@H](O)COC(=O)CCCCCCCCCCCCCC. The number of carbonyl (C=O) groups excluding carboxylic acids is 2. The fourth-order valence-electron chi connectivity index (χ4n) is 4.47. The van der Waals surface area contributed by atoms with E-state index in [1.165, 1.54) is 57.8 Å². The van der Waals surface area contributed by atoms with Gasteiger partial charge in [0.05, 0.1) is 6.10 Å². The first kappa shape index (κ1) is 41.6. The van der Waals surface area contributed by atoms with E-state index in [1.54, 1.807) is 6.08 Å². The maximum atomic E-state index is 11.9. The van der Waals surface area contributed by atoms with Gasteiger partial charge in [-0.3, -0.25) is 9.59 Å². The zero-order chi connectivity index (χ0) is 32.4. The summed E-state index contributed by atoms with van der Waals surface area (Å²) in [5, 5.41) is 20.0. The Kier molecular flexibility index (Phi) is 31.6.